The Morgan fingerprint density at radius 2 is 1.75 bits per heavy atom. The van der Waals surface area contributed by atoms with E-state index in [0.717, 1.165) is 11.1 Å². The van der Waals surface area contributed by atoms with Crippen molar-refractivity contribution in [3.05, 3.63) is 101 Å². The monoisotopic (exact) mass is 443 g/mol. The summed E-state index contributed by atoms with van der Waals surface area (Å²) in [6.07, 6.45) is 0. The molecule has 0 aliphatic rings. The van der Waals surface area contributed by atoms with Crippen molar-refractivity contribution in [2.24, 2.45) is 0 Å². The third-order valence-electron chi connectivity index (χ3n) is 4.71. The number of carbonyl (C=O) groups excluding carboxylic acids is 1. The molecule has 0 saturated carbocycles. The van der Waals surface area contributed by atoms with E-state index >= 15 is 0 Å². The molecule has 1 heterocycles. The zero-order chi connectivity index (χ0) is 22.3. The minimum absolute atomic E-state index is 0.239. The van der Waals surface area contributed by atoms with Gasteiger partial charge in [-0.05, 0) is 42.0 Å². The van der Waals surface area contributed by atoms with E-state index in [-0.39, 0.29) is 18.3 Å². The molecule has 0 aliphatic heterocycles. The Hall–Kier alpha value is -4.02. The van der Waals surface area contributed by atoms with E-state index in [1.807, 2.05) is 35.7 Å². The lowest BCUT2D eigenvalue weighted by Gasteiger charge is -2.20. The molecule has 1 aromatic heterocycles. The van der Waals surface area contributed by atoms with Crippen LogP contribution in [0.3, 0.4) is 0 Å². The lowest BCUT2D eigenvalue weighted by molar-refractivity contribution is -0.120. The van der Waals surface area contributed by atoms with Crippen LogP contribution in [0.2, 0.25) is 0 Å². The van der Waals surface area contributed by atoms with Gasteiger partial charge in [0.25, 0.3) is 5.91 Å². The molecule has 3 aromatic carbocycles. The molecule has 1 amide bonds. The number of carbonyl (C=O) groups is 1. The van der Waals surface area contributed by atoms with Crippen LogP contribution in [0.4, 0.5) is 9.52 Å². The Balaban J connectivity index is 1.58. The van der Waals surface area contributed by atoms with E-state index in [1.165, 1.54) is 23.5 Å². The lowest BCUT2D eigenvalue weighted by Crippen LogP contribution is -2.34. The second-order valence-corrected chi connectivity index (χ2v) is 7.72. The molecule has 4 rings (SSSR count). The number of nitriles is 1. The number of ether oxygens (including phenoxy) is 1. The number of thiazole rings is 1. The highest BCUT2D eigenvalue weighted by Gasteiger charge is 2.21. The van der Waals surface area contributed by atoms with E-state index in [2.05, 4.69) is 11.1 Å². The van der Waals surface area contributed by atoms with Crippen LogP contribution in [-0.2, 0) is 11.3 Å². The van der Waals surface area contributed by atoms with Gasteiger partial charge in [-0.1, -0.05) is 42.5 Å². The minimum atomic E-state index is -0.320. The first kappa shape index (κ1) is 21.2. The highest BCUT2D eigenvalue weighted by Crippen LogP contribution is 2.29. The molecule has 158 valence electrons. The Morgan fingerprint density at radius 3 is 2.50 bits per heavy atom. The van der Waals surface area contributed by atoms with Crippen molar-refractivity contribution in [3.8, 4) is 23.1 Å². The summed E-state index contributed by atoms with van der Waals surface area (Å²) in [5, 5.41) is 11.6. The number of nitrogens with zero attached hydrogens (tertiary/aromatic N) is 3. The zero-order valence-electron chi connectivity index (χ0n) is 16.9. The second-order valence-electron chi connectivity index (χ2n) is 6.88. The van der Waals surface area contributed by atoms with E-state index in [9.17, 15) is 14.4 Å². The highest BCUT2D eigenvalue weighted by molar-refractivity contribution is 7.14. The van der Waals surface area contributed by atoms with Gasteiger partial charge in [-0.15, -0.1) is 11.3 Å². The molecule has 0 bridgehead atoms. The molecule has 4 aromatic rings. The number of aromatic nitrogens is 1. The van der Waals surface area contributed by atoms with Crippen molar-refractivity contribution in [2.45, 2.75) is 6.54 Å². The quantitative estimate of drug-likeness (QED) is 0.382. The zero-order valence-corrected chi connectivity index (χ0v) is 17.8. The van der Waals surface area contributed by atoms with Crippen LogP contribution in [-0.4, -0.2) is 17.5 Å². The van der Waals surface area contributed by atoms with Gasteiger partial charge in [0.1, 0.15) is 17.6 Å². The second kappa shape index (κ2) is 9.86. The standard InChI is InChI=1S/C25H18FN3O2S/c26-21-12-10-19(11-13-21)22-17-32-25(28-22)29(15-18-6-2-1-3-7-18)24(30)16-31-23-9-5-4-8-20(23)14-27/h1-13,17H,15-16H2. The number of hydrogen-bond acceptors (Lipinski definition) is 5. The largest absolute Gasteiger partial charge is 0.482 e. The van der Waals surface area contributed by atoms with Gasteiger partial charge < -0.3 is 4.74 Å². The lowest BCUT2D eigenvalue weighted by atomic mass is 10.2. The molecule has 0 N–H and O–H groups in total. The number of halogens is 1. The Bertz CT molecular complexity index is 1250. The molecule has 0 radical (unpaired) electrons. The fraction of sp³-hybridized carbons (Fsp3) is 0.0800. The van der Waals surface area contributed by atoms with Crippen LogP contribution in [0.15, 0.2) is 84.2 Å². The van der Waals surface area contributed by atoms with Crippen molar-refractivity contribution < 1.29 is 13.9 Å². The van der Waals surface area contributed by atoms with Crippen LogP contribution in [0.25, 0.3) is 11.3 Å². The topological polar surface area (TPSA) is 66.2 Å². The van der Waals surface area contributed by atoms with Gasteiger partial charge in [0, 0.05) is 10.9 Å². The summed E-state index contributed by atoms with van der Waals surface area (Å²) < 4.78 is 18.9. The van der Waals surface area contributed by atoms with Crippen LogP contribution in [0, 0.1) is 17.1 Å². The Labute approximate surface area is 189 Å². The smallest absolute Gasteiger partial charge is 0.267 e. The van der Waals surface area contributed by atoms with Crippen LogP contribution in [0.1, 0.15) is 11.1 Å². The molecule has 0 fully saturated rings. The van der Waals surface area contributed by atoms with Gasteiger partial charge in [0.05, 0.1) is 17.8 Å². The summed E-state index contributed by atoms with van der Waals surface area (Å²) in [6.45, 7) is 0.0797. The maximum absolute atomic E-state index is 13.3. The van der Waals surface area contributed by atoms with Gasteiger partial charge >= 0.3 is 0 Å². The summed E-state index contributed by atoms with van der Waals surface area (Å²) in [7, 11) is 0. The van der Waals surface area contributed by atoms with Crippen LogP contribution < -0.4 is 9.64 Å². The number of anilines is 1. The van der Waals surface area contributed by atoms with Gasteiger partial charge in [-0.2, -0.15) is 5.26 Å². The first-order valence-electron chi connectivity index (χ1n) is 9.82. The van der Waals surface area contributed by atoms with Gasteiger partial charge in [0.2, 0.25) is 0 Å². The highest BCUT2D eigenvalue weighted by atomic mass is 32.1. The Morgan fingerprint density at radius 1 is 1.03 bits per heavy atom. The third-order valence-corrected chi connectivity index (χ3v) is 5.57. The Kier molecular flexibility index (Phi) is 6.54. The van der Waals surface area contributed by atoms with Crippen molar-refractivity contribution in [3.63, 3.8) is 0 Å². The van der Waals surface area contributed by atoms with Gasteiger partial charge in [-0.3, -0.25) is 9.69 Å². The van der Waals surface area contributed by atoms with Crippen molar-refractivity contribution in [1.29, 1.82) is 5.26 Å². The van der Waals surface area contributed by atoms with Crippen molar-refractivity contribution in [2.75, 3.05) is 11.5 Å². The molecular weight excluding hydrogens is 425 g/mol. The van der Waals surface area contributed by atoms with Crippen molar-refractivity contribution in [1.82, 2.24) is 4.98 Å². The van der Waals surface area contributed by atoms with Gasteiger partial charge in [0.15, 0.2) is 11.7 Å². The molecule has 0 atom stereocenters. The maximum Gasteiger partial charge on any atom is 0.267 e. The summed E-state index contributed by atoms with van der Waals surface area (Å²) in [5.41, 5.74) is 2.73. The third kappa shape index (κ3) is 4.99. The van der Waals surface area contributed by atoms with E-state index in [1.54, 1.807) is 41.3 Å². The average molecular weight is 444 g/mol. The number of amides is 1. The first-order chi connectivity index (χ1) is 15.6. The number of rotatable bonds is 7. The SMILES string of the molecule is N#Cc1ccccc1OCC(=O)N(Cc1ccccc1)c1nc(-c2ccc(F)cc2)cs1. The molecule has 0 aliphatic carbocycles. The minimum Gasteiger partial charge on any atom is -0.482 e. The predicted octanol–water partition coefficient (Wildman–Crippen LogP) is 5.43. The summed E-state index contributed by atoms with van der Waals surface area (Å²) >= 11 is 1.33. The fourth-order valence-electron chi connectivity index (χ4n) is 3.07. The molecule has 5 nitrogen and oxygen atoms in total. The van der Waals surface area contributed by atoms with E-state index < -0.39 is 0 Å². The van der Waals surface area contributed by atoms with E-state index in [0.29, 0.717) is 28.7 Å². The van der Waals surface area contributed by atoms with Crippen LogP contribution in [0.5, 0.6) is 5.75 Å². The normalized spacial score (nSPS) is 10.4. The molecule has 32 heavy (non-hydrogen) atoms. The molecular formula is C25H18FN3O2S. The van der Waals surface area contributed by atoms with Gasteiger partial charge in [-0.25, -0.2) is 9.37 Å². The number of para-hydroxylation sites is 1. The molecule has 0 spiro atoms. The average Bonchev–Trinajstić information content (AvgIpc) is 3.32. The maximum atomic E-state index is 13.3. The van der Waals surface area contributed by atoms with Crippen LogP contribution >= 0.6 is 11.3 Å². The molecule has 7 heteroatoms. The fourth-order valence-corrected chi connectivity index (χ4v) is 3.92. The first-order valence-corrected chi connectivity index (χ1v) is 10.7. The predicted molar refractivity (Wildman–Crippen MR) is 122 cm³/mol. The number of benzene rings is 3. The summed E-state index contributed by atoms with van der Waals surface area (Å²) in [6, 6.07) is 24.5. The summed E-state index contributed by atoms with van der Waals surface area (Å²) in [4.78, 5) is 19.3. The molecule has 0 saturated heterocycles. The molecule has 0 unspecified atom stereocenters. The van der Waals surface area contributed by atoms with Crippen molar-refractivity contribution >= 4 is 22.4 Å². The summed E-state index contributed by atoms with van der Waals surface area (Å²) in [5.74, 6) is -0.254. The van der Waals surface area contributed by atoms with E-state index in [4.69, 9.17) is 4.74 Å². The number of hydrogen-bond donors (Lipinski definition) is 0.